The quantitative estimate of drug-likeness (QED) is 0.709. The SMILES string of the molecule is CCCn1nnnc1Cn1nnc(-c2ccc(Cl)cc2)n1. The van der Waals surface area contributed by atoms with E-state index in [9.17, 15) is 0 Å². The topological polar surface area (TPSA) is 87.2 Å². The molecule has 0 aliphatic heterocycles. The first kappa shape index (κ1) is 13.6. The first-order chi connectivity index (χ1) is 10.3. The summed E-state index contributed by atoms with van der Waals surface area (Å²) in [5.41, 5.74) is 0.860. The molecule has 0 bridgehead atoms. The van der Waals surface area contributed by atoms with Crippen molar-refractivity contribution < 1.29 is 0 Å². The van der Waals surface area contributed by atoms with Crippen LogP contribution in [0.3, 0.4) is 0 Å². The summed E-state index contributed by atoms with van der Waals surface area (Å²) in [4.78, 5) is 1.47. The van der Waals surface area contributed by atoms with Crippen LogP contribution in [-0.2, 0) is 13.1 Å². The van der Waals surface area contributed by atoms with Gasteiger partial charge in [0.05, 0.1) is 0 Å². The van der Waals surface area contributed by atoms with Crippen LogP contribution >= 0.6 is 11.6 Å². The Morgan fingerprint density at radius 1 is 1.10 bits per heavy atom. The Bertz CT molecular complexity index is 717. The molecular formula is C12H13ClN8. The third kappa shape index (κ3) is 3.05. The van der Waals surface area contributed by atoms with Gasteiger partial charge in [-0.2, -0.15) is 4.80 Å². The zero-order valence-electron chi connectivity index (χ0n) is 11.4. The van der Waals surface area contributed by atoms with Crippen LogP contribution < -0.4 is 0 Å². The maximum Gasteiger partial charge on any atom is 0.204 e. The van der Waals surface area contributed by atoms with Gasteiger partial charge in [-0.05, 0) is 46.3 Å². The maximum absolute atomic E-state index is 5.86. The highest BCUT2D eigenvalue weighted by Crippen LogP contribution is 2.17. The van der Waals surface area contributed by atoms with Crippen molar-refractivity contribution >= 4 is 11.6 Å². The van der Waals surface area contributed by atoms with Crippen LogP contribution in [0.2, 0.25) is 5.02 Å². The largest absolute Gasteiger partial charge is 0.228 e. The average Bonchev–Trinajstić information content (AvgIpc) is 3.11. The van der Waals surface area contributed by atoms with Crippen LogP contribution in [0, 0.1) is 0 Å². The van der Waals surface area contributed by atoms with Gasteiger partial charge in [-0.3, -0.25) is 0 Å². The van der Waals surface area contributed by atoms with E-state index in [4.69, 9.17) is 11.6 Å². The van der Waals surface area contributed by atoms with Gasteiger partial charge in [-0.15, -0.1) is 15.3 Å². The van der Waals surface area contributed by atoms with Gasteiger partial charge in [0.2, 0.25) is 5.82 Å². The van der Waals surface area contributed by atoms with Crippen LogP contribution in [0.4, 0.5) is 0 Å². The van der Waals surface area contributed by atoms with Crippen molar-refractivity contribution in [2.45, 2.75) is 26.4 Å². The Kier molecular flexibility index (Phi) is 3.87. The van der Waals surface area contributed by atoms with E-state index >= 15 is 0 Å². The third-order valence-corrected chi connectivity index (χ3v) is 3.13. The molecule has 0 N–H and O–H groups in total. The summed E-state index contributed by atoms with van der Waals surface area (Å²) < 4.78 is 1.74. The van der Waals surface area contributed by atoms with Crippen molar-refractivity contribution in [3.8, 4) is 11.4 Å². The summed E-state index contributed by atoms with van der Waals surface area (Å²) in [5.74, 6) is 1.25. The van der Waals surface area contributed by atoms with Crippen molar-refractivity contribution in [1.29, 1.82) is 0 Å². The number of rotatable bonds is 5. The second-order valence-electron chi connectivity index (χ2n) is 4.47. The van der Waals surface area contributed by atoms with Crippen molar-refractivity contribution in [3.05, 3.63) is 35.1 Å². The molecule has 3 rings (SSSR count). The molecule has 0 spiro atoms. The number of nitrogens with zero attached hydrogens (tertiary/aromatic N) is 8. The summed E-state index contributed by atoms with van der Waals surface area (Å²) in [6, 6.07) is 7.29. The zero-order valence-corrected chi connectivity index (χ0v) is 12.1. The van der Waals surface area contributed by atoms with Gasteiger partial charge in [0.1, 0.15) is 6.54 Å². The molecule has 0 saturated heterocycles. The second kappa shape index (κ2) is 5.96. The molecular weight excluding hydrogens is 292 g/mol. The molecule has 0 fully saturated rings. The van der Waals surface area contributed by atoms with E-state index in [1.165, 1.54) is 4.80 Å². The summed E-state index contributed by atoms with van der Waals surface area (Å²) in [7, 11) is 0. The highest BCUT2D eigenvalue weighted by molar-refractivity contribution is 6.30. The lowest BCUT2D eigenvalue weighted by atomic mass is 10.2. The first-order valence-corrected chi connectivity index (χ1v) is 6.93. The zero-order chi connectivity index (χ0) is 14.7. The third-order valence-electron chi connectivity index (χ3n) is 2.88. The Labute approximate surface area is 125 Å². The minimum atomic E-state index is 0.383. The highest BCUT2D eigenvalue weighted by atomic mass is 35.5. The number of aromatic nitrogens is 8. The number of hydrogen-bond donors (Lipinski definition) is 0. The molecule has 3 aromatic rings. The molecule has 0 amide bonds. The molecule has 21 heavy (non-hydrogen) atoms. The molecule has 2 heterocycles. The van der Waals surface area contributed by atoms with E-state index in [2.05, 4.69) is 37.9 Å². The summed E-state index contributed by atoms with van der Waals surface area (Å²) in [6.07, 6.45) is 0.957. The predicted octanol–water partition coefficient (Wildman–Crippen LogP) is 1.44. The number of halogens is 1. The lowest BCUT2D eigenvalue weighted by Gasteiger charge is -2.00. The van der Waals surface area contributed by atoms with E-state index in [1.54, 1.807) is 16.8 Å². The number of hydrogen-bond acceptors (Lipinski definition) is 6. The second-order valence-corrected chi connectivity index (χ2v) is 4.91. The molecule has 0 atom stereocenters. The Balaban J connectivity index is 1.78. The Hall–Kier alpha value is -2.35. The standard InChI is InChI=1S/C12H13ClN8/c1-2-7-20-11(14-17-19-20)8-21-16-12(15-18-21)9-3-5-10(13)6-4-9/h3-6H,2,7-8H2,1H3. The van der Waals surface area contributed by atoms with Gasteiger partial charge >= 0.3 is 0 Å². The van der Waals surface area contributed by atoms with Crippen LogP contribution in [0.5, 0.6) is 0 Å². The lowest BCUT2D eigenvalue weighted by Crippen LogP contribution is -2.12. The molecule has 2 aromatic heterocycles. The fourth-order valence-electron chi connectivity index (χ4n) is 1.87. The van der Waals surface area contributed by atoms with Gasteiger partial charge in [0.25, 0.3) is 0 Å². The van der Waals surface area contributed by atoms with E-state index in [-0.39, 0.29) is 0 Å². The number of aryl methyl sites for hydroxylation is 1. The molecule has 0 radical (unpaired) electrons. The molecule has 9 heteroatoms. The van der Waals surface area contributed by atoms with Crippen molar-refractivity contribution in [1.82, 2.24) is 40.4 Å². The fourth-order valence-corrected chi connectivity index (χ4v) is 2.00. The van der Waals surface area contributed by atoms with Crippen molar-refractivity contribution in [2.24, 2.45) is 0 Å². The normalized spacial score (nSPS) is 11.0. The van der Waals surface area contributed by atoms with E-state index in [0.29, 0.717) is 23.2 Å². The molecule has 0 aliphatic carbocycles. The first-order valence-electron chi connectivity index (χ1n) is 6.55. The lowest BCUT2D eigenvalue weighted by molar-refractivity contribution is 0.500. The smallest absolute Gasteiger partial charge is 0.204 e. The number of benzene rings is 1. The summed E-state index contributed by atoms with van der Waals surface area (Å²) >= 11 is 5.86. The molecule has 108 valence electrons. The maximum atomic E-state index is 5.86. The molecule has 0 saturated carbocycles. The number of tetrazole rings is 2. The van der Waals surface area contributed by atoms with E-state index in [0.717, 1.165) is 18.5 Å². The Morgan fingerprint density at radius 3 is 2.67 bits per heavy atom. The van der Waals surface area contributed by atoms with Gasteiger partial charge in [-0.25, -0.2) is 4.68 Å². The van der Waals surface area contributed by atoms with E-state index < -0.39 is 0 Å². The van der Waals surface area contributed by atoms with Crippen molar-refractivity contribution in [2.75, 3.05) is 0 Å². The molecule has 0 aliphatic rings. The minimum absolute atomic E-state index is 0.383. The predicted molar refractivity (Wildman–Crippen MR) is 75.5 cm³/mol. The highest BCUT2D eigenvalue weighted by Gasteiger charge is 2.10. The monoisotopic (exact) mass is 304 g/mol. The van der Waals surface area contributed by atoms with Crippen LogP contribution in [-0.4, -0.2) is 40.4 Å². The van der Waals surface area contributed by atoms with E-state index in [1.807, 2.05) is 12.1 Å². The van der Waals surface area contributed by atoms with Crippen LogP contribution in [0.15, 0.2) is 24.3 Å². The van der Waals surface area contributed by atoms with Gasteiger partial charge in [0.15, 0.2) is 5.82 Å². The Morgan fingerprint density at radius 2 is 1.90 bits per heavy atom. The molecule has 0 unspecified atom stereocenters. The molecule has 1 aromatic carbocycles. The summed E-state index contributed by atoms with van der Waals surface area (Å²) in [5, 5.41) is 24.6. The van der Waals surface area contributed by atoms with Gasteiger partial charge in [0, 0.05) is 17.1 Å². The average molecular weight is 305 g/mol. The fraction of sp³-hybridized carbons (Fsp3) is 0.333. The van der Waals surface area contributed by atoms with Gasteiger partial charge < -0.3 is 0 Å². The van der Waals surface area contributed by atoms with Crippen LogP contribution in [0.25, 0.3) is 11.4 Å². The minimum Gasteiger partial charge on any atom is -0.228 e. The van der Waals surface area contributed by atoms with Crippen molar-refractivity contribution in [3.63, 3.8) is 0 Å². The molecule has 8 nitrogen and oxygen atoms in total. The summed E-state index contributed by atoms with van der Waals surface area (Å²) in [6.45, 7) is 3.21. The van der Waals surface area contributed by atoms with Gasteiger partial charge in [-0.1, -0.05) is 18.5 Å². The van der Waals surface area contributed by atoms with Crippen LogP contribution in [0.1, 0.15) is 19.2 Å².